The summed E-state index contributed by atoms with van der Waals surface area (Å²) in [7, 11) is 0. The summed E-state index contributed by atoms with van der Waals surface area (Å²) in [4.78, 5) is 0. The van der Waals surface area contributed by atoms with Gasteiger partial charge in [0.05, 0.1) is 16.4 Å². The Hall–Kier alpha value is -5.86. The summed E-state index contributed by atoms with van der Waals surface area (Å²) in [5, 5.41) is 2.40. The van der Waals surface area contributed by atoms with Crippen LogP contribution < -0.4 is 4.74 Å². The molecule has 1 spiro atoms. The van der Waals surface area contributed by atoms with Crippen LogP contribution in [0.3, 0.4) is 0 Å². The van der Waals surface area contributed by atoms with Crippen LogP contribution in [0.2, 0.25) is 0 Å². The molecule has 0 fully saturated rings. The second-order valence-electron chi connectivity index (χ2n) is 12.1. The Morgan fingerprint density at radius 2 is 1.00 bits per heavy atom. The Bertz CT molecular complexity index is 2400. The number of benzene rings is 7. The van der Waals surface area contributed by atoms with E-state index >= 15 is 0 Å². The fourth-order valence-corrected chi connectivity index (χ4v) is 8.03. The van der Waals surface area contributed by atoms with E-state index in [0.717, 1.165) is 17.2 Å². The van der Waals surface area contributed by atoms with E-state index in [9.17, 15) is 0 Å². The van der Waals surface area contributed by atoms with Crippen molar-refractivity contribution in [3.8, 4) is 39.4 Å². The summed E-state index contributed by atoms with van der Waals surface area (Å²) in [6.45, 7) is 0. The minimum Gasteiger partial charge on any atom is -0.457 e. The van der Waals surface area contributed by atoms with Gasteiger partial charge in [0.1, 0.15) is 11.5 Å². The average molecular weight is 574 g/mol. The maximum absolute atomic E-state index is 6.82. The van der Waals surface area contributed by atoms with Gasteiger partial charge in [0.15, 0.2) is 0 Å². The first-order chi connectivity index (χ1) is 22.3. The van der Waals surface area contributed by atoms with E-state index in [1.807, 2.05) is 0 Å². The minimum atomic E-state index is -0.496. The Labute approximate surface area is 261 Å². The molecule has 2 heterocycles. The zero-order valence-electron chi connectivity index (χ0n) is 24.4. The molecule has 0 unspecified atom stereocenters. The van der Waals surface area contributed by atoms with E-state index in [4.69, 9.17) is 4.74 Å². The van der Waals surface area contributed by atoms with Gasteiger partial charge < -0.3 is 9.30 Å². The number of aromatic nitrogens is 1. The highest BCUT2D eigenvalue weighted by Crippen LogP contribution is 2.62. The van der Waals surface area contributed by atoms with Crippen molar-refractivity contribution in [2.45, 2.75) is 5.41 Å². The van der Waals surface area contributed by atoms with E-state index in [1.54, 1.807) is 0 Å². The van der Waals surface area contributed by atoms with Gasteiger partial charge in [-0.3, -0.25) is 0 Å². The molecule has 8 aromatic rings. The lowest BCUT2D eigenvalue weighted by Crippen LogP contribution is -2.32. The molecular weight excluding hydrogens is 546 g/mol. The second kappa shape index (κ2) is 9.07. The van der Waals surface area contributed by atoms with Gasteiger partial charge in [0.2, 0.25) is 0 Å². The highest BCUT2D eigenvalue weighted by Gasteiger charge is 2.51. The lowest BCUT2D eigenvalue weighted by atomic mass is 9.66. The number of hydrogen-bond donors (Lipinski definition) is 0. The predicted octanol–water partition coefficient (Wildman–Crippen LogP) is 10.9. The van der Waals surface area contributed by atoms with Crippen LogP contribution in [0.1, 0.15) is 22.3 Å². The largest absolute Gasteiger partial charge is 0.457 e. The van der Waals surface area contributed by atoms with Crippen LogP contribution in [-0.4, -0.2) is 4.57 Å². The number of fused-ring (bicyclic) bond motifs is 12. The van der Waals surface area contributed by atoms with Crippen molar-refractivity contribution < 1.29 is 4.74 Å². The summed E-state index contributed by atoms with van der Waals surface area (Å²) in [6.07, 6.45) is 0. The quantitative estimate of drug-likeness (QED) is 0.201. The average Bonchev–Trinajstić information content (AvgIpc) is 3.59. The van der Waals surface area contributed by atoms with Crippen molar-refractivity contribution in [1.29, 1.82) is 0 Å². The molecule has 0 N–H and O–H groups in total. The van der Waals surface area contributed by atoms with Gasteiger partial charge in [-0.05, 0) is 69.8 Å². The molecular formula is C43H27NO. The fourth-order valence-electron chi connectivity index (χ4n) is 8.03. The lowest BCUT2D eigenvalue weighted by Gasteiger charge is -2.39. The van der Waals surface area contributed by atoms with E-state index in [1.165, 1.54) is 66.3 Å². The lowest BCUT2D eigenvalue weighted by molar-refractivity contribution is 0.437. The topological polar surface area (TPSA) is 14.2 Å². The molecule has 0 radical (unpaired) electrons. The Morgan fingerprint density at radius 3 is 1.76 bits per heavy atom. The number of para-hydroxylation sites is 2. The van der Waals surface area contributed by atoms with Crippen molar-refractivity contribution in [3.63, 3.8) is 0 Å². The number of nitrogens with zero attached hydrogens (tertiary/aromatic N) is 1. The maximum Gasteiger partial charge on any atom is 0.133 e. The molecule has 1 aliphatic heterocycles. The second-order valence-corrected chi connectivity index (χ2v) is 12.1. The molecule has 1 aliphatic carbocycles. The van der Waals surface area contributed by atoms with E-state index < -0.39 is 5.41 Å². The summed E-state index contributed by atoms with van der Waals surface area (Å²) in [5.74, 6) is 1.83. The molecule has 0 saturated heterocycles. The number of ether oxygens (including phenoxy) is 1. The van der Waals surface area contributed by atoms with E-state index in [-0.39, 0.29) is 0 Å². The normalized spacial score (nSPS) is 13.7. The Morgan fingerprint density at radius 1 is 0.400 bits per heavy atom. The van der Waals surface area contributed by atoms with Gasteiger partial charge in [0.25, 0.3) is 0 Å². The molecule has 2 heteroatoms. The molecule has 10 rings (SSSR count). The molecule has 0 bridgehead atoms. The van der Waals surface area contributed by atoms with Gasteiger partial charge in [-0.25, -0.2) is 0 Å². The Balaban J connectivity index is 1.30. The van der Waals surface area contributed by atoms with Crippen LogP contribution in [0.15, 0.2) is 164 Å². The molecule has 0 saturated carbocycles. The zero-order chi connectivity index (χ0) is 29.5. The van der Waals surface area contributed by atoms with Crippen LogP contribution in [-0.2, 0) is 5.41 Å². The van der Waals surface area contributed by atoms with Crippen LogP contribution in [0, 0.1) is 0 Å². The van der Waals surface area contributed by atoms with Gasteiger partial charge in [0, 0.05) is 27.6 Å². The first kappa shape index (κ1) is 24.6. The summed E-state index contributed by atoms with van der Waals surface area (Å²) in [5.41, 5.74) is 13.0. The number of rotatable bonds is 2. The van der Waals surface area contributed by atoms with Crippen molar-refractivity contribution in [2.75, 3.05) is 0 Å². The molecule has 0 atom stereocenters. The van der Waals surface area contributed by atoms with Crippen LogP contribution in [0.5, 0.6) is 11.5 Å². The molecule has 2 nitrogen and oxygen atoms in total. The SMILES string of the molecule is c1ccc(-c2ccc(-n3c4ccccc4c4cc5c(cc43)C3(c4ccccc4O5)c4ccccc4-c4ccccc43)cc2)cc1. The predicted molar refractivity (Wildman–Crippen MR) is 184 cm³/mol. The Kier molecular flexibility index (Phi) is 4.95. The van der Waals surface area contributed by atoms with Crippen molar-refractivity contribution >= 4 is 21.8 Å². The molecule has 45 heavy (non-hydrogen) atoms. The third kappa shape index (κ3) is 3.23. The van der Waals surface area contributed by atoms with E-state index in [2.05, 4.69) is 168 Å². The standard InChI is InChI=1S/C43H27NO/c1-2-12-28(13-3-1)29-22-24-30(25-23-29)44-39-20-10-6-16-33(39)34-26-42-38(27-40(34)44)43(37-19-9-11-21-41(37)45-42)35-17-7-4-14-31(35)32-15-5-8-18-36(32)43/h1-27H. The van der Waals surface area contributed by atoms with Crippen molar-refractivity contribution in [2.24, 2.45) is 0 Å². The smallest absolute Gasteiger partial charge is 0.133 e. The maximum atomic E-state index is 6.82. The van der Waals surface area contributed by atoms with Gasteiger partial charge >= 0.3 is 0 Å². The molecule has 7 aromatic carbocycles. The highest BCUT2D eigenvalue weighted by molar-refractivity contribution is 6.10. The van der Waals surface area contributed by atoms with Gasteiger partial charge in [-0.1, -0.05) is 127 Å². The van der Waals surface area contributed by atoms with Gasteiger partial charge in [-0.15, -0.1) is 0 Å². The third-order valence-electron chi connectivity index (χ3n) is 9.87. The highest BCUT2D eigenvalue weighted by atomic mass is 16.5. The van der Waals surface area contributed by atoms with Crippen LogP contribution >= 0.6 is 0 Å². The first-order valence-corrected chi connectivity index (χ1v) is 15.5. The van der Waals surface area contributed by atoms with Crippen molar-refractivity contribution in [3.05, 3.63) is 186 Å². The van der Waals surface area contributed by atoms with Crippen LogP contribution in [0.4, 0.5) is 0 Å². The molecule has 1 aromatic heterocycles. The molecule has 2 aliphatic rings. The molecule has 0 amide bonds. The van der Waals surface area contributed by atoms with E-state index in [0.29, 0.717) is 0 Å². The summed E-state index contributed by atoms with van der Waals surface area (Å²) >= 11 is 0. The molecule has 210 valence electrons. The van der Waals surface area contributed by atoms with Gasteiger partial charge in [-0.2, -0.15) is 0 Å². The first-order valence-electron chi connectivity index (χ1n) is 15.5. The zero-order valence-corrected chi connectivity index (χ0v) is 24.4. The van der Waals surface area contributed by atoms with Crippen molar-refractivity contribution in [1.82, 2.24) is 4.57 Å². The third-order valence-corrected chi connectivity index (χ3v) is 9.87. The van der Waals surface area contributed by atoms with Crippen LogP contribution in [0.25, 0.3) is 49.7 Å². The minimum absolute atomic E-state index is 0.496. The number of hydrogen-bond acceptors (Lipinski definition) is 1. The summed E-state index contributed by atoms with van der Waals surface area (Å²) in [6, 6.07) is 59.3. The summed E-state index contributed by atoms with van der Waals surface area (Å²) < 4.78 is 9.24. The monoisotopic (exact) mass is 573 g/mol. The fraction of sp³-hybridized carbons (Fsp3) is 0.0233.